The van der Waals surface area contributed by atoms with E-state index >= 15 is 0 Å². The van der Waals surface area contributed by atoms with Crippen molar-refractivity contribution in [3.8, 4) is 5.75 Å². The van der Waals surface area contributed by atoms with Crippen molar-refractivity contribution in [3.05, 3.63) is 75.6 Å². The maximum atomic E-state index is 14.3. The molecule has 4 rings (SSSR count). The number of rotatable bonds is 2. The normalized spacial score (nSPS) is 15.8. The van der Waals surface area contributed by atoms with Crippen LogP contribution in [0.3, 0.4) is 0 Å². The van der Waals surface area contributed by atoms with Crippen LogP contribution in [-0.2, 0) is 6.54 Å². The zero-order valence-electron chi connectivity index (χ0n) is 12.7. The number of nitrogens with zero attached hydrogens (tertiary/aromatic N) is 1. The first-order chi connectivity index (χ1) is 12.0. The van der Waals surface area contributed by atoms with E-state index in [0.29, 0.717) is 6.07 Å². The second-order valence-corrected chi connectivity index (χ2v) is 5.74. The highest BCUT2D eigenvalue weighted by Gasteiger charge is 2.30. The Morgan fingerprint density at radius 1 is 1.24 bits per heavy atom. The van der Waals surface area contributed by atoms with Gasteiger partial charge in [0.25, 0.3) is 0 Å². The van der Waals surface area contributed by atoms with E-state index in [-0.39, 0.29) is 23.2 Å². The van der Waals surface area contributed by atoms with Crippen LogP contribution >= 0.6 is 0 Å². The van der Waals surface area contributed by atoms with E-state index in [1.54, 1.807) is 30.3 Å². The van der Waals surface area contributed by atoms with Crippen LogP contribution in [0.25, 0.3) is 10.9 Å². The van der Waals surface area contributed by atoms with Crippen molar-refractivity contribution in [2.75, 3.05) is 0 Å². The zero-order chi connectivity index (χ0) is 17.7. The molecule has 1 aromatic heterocycles. The summed E-state index contributed by atoms with van der Waals surface area (Å²) < 4.78 is 35.3. The fraction of sp³-hybridized carbons (Fsp3) is 0.111. The number of pyridine rings is 1. The molecule has 1 atom stereocenters. The van der Waals surface area contributed by atoms with Gasteiger partial charge in [0.2, 0.25) is 11.2 Å². The Hall–Kier alpha value is -3.22. The number of carbonyl (C=O) groups is 1. The lowest BCUT2D eigenvalue weighted by molar-refractivity contribution is 0.0694. The Bertz CT molecular complexity index is 1080. The molecule has 0 spiro atoms. The smallest absolute Gasteiger partial charge is 0.341 e. The van der Waals surface area contributed by atoms with Gasteiger partial charge in [0, 0.05) is 6.20 Å². The molecule has 0 bridgehead atoms. The van der Waals surface area contributed by atoms with E-state index in [1.165, 1.54) is 4.57 Å². The number of hydrogen-bond donors (Lipinski definition) is 1. The number of hydrogen-bond acceptors (Lipinski definition) is 3. The number of aromatic nitrogens is 1. The first-order valence-corrected chi connectivity index (χ1v) is 7.47. The molecule has 5 nitrogen and oxygen atoms in total. The number of aromatic carboxylic acids is 1. The third-order valence-corrected chi connectivity index (χ3v) is 4.24. The lowest BCUT2D eigenvalue weighted by atomic mass is 10.0. The molecule has 1 aliphatic heterocycles. The van der Waals surface area contributed by atoms with Crippen LogP contribution in [0.15, 0.2) is 47.4 Å². The topological polar surface area (TPSA) is 68.5 Å². The molecular formula is C18H11F2NO4. The maximum Gasteiger partial charge on any atom is 0.341 e. The Morgan fingerprint density at radius 3 is 2.64 bits per heavy atom. The van der Waals surface area contributed by atoms with Crippen LogP contribution in [0.2, 0.25) is 0 Å². The largest absolute Gasteiger partial charge is 0.478 e. The first kappa shape index (κ1) is 15.3. The summed E-state index contributed by atoms with van der Waals surface area (Å²) in [6.45, 7) is 0.166. The Kier molecular flexibility index (Phi) is 3.31. The quantitative estimate of drug-likeness (QED) is 0.776. The second kappa shape index (κ2) is 5.41. The standard InChI is InChI=1S/C18H11F2NO4/c19-12-6-10-15-17(14(12)20)25-13(9-4-2-1-3-5-9)8-21(15)7-11(16(10)22)18(23)24/h1-7,13H,8H2,(H,23,24)/t13-/m0/s1. The minimum Gasteiger partial charge on any atom is -0.478 e. The summed E-state index contributed by atoms with van der Waals surface area (Å²) in [4.78, 5) is 23.6. The van der Waals surface area contributed by atoms with Crippen molar-refractivity contribution in [1.29, 1.82) is 0 Å². The summed E-state index contributed by atoms with van der Waals surface area (Å²) in [5.74, 6) is -4.28. The van der Waals surface area contributed by atoms with Crippen LogP contribution in [0.1, 0.15) is 22.0 Å². The van der Waals surface area contributed by atoms with Gasteiger partial charge in [-0.3, -0.25) is 4.79 Å². The summed E-state index contributed by atoms with van der Waals surface area (Å²) in [7, 11) is 0. The summed E-state index contributed by atoms with van der Waals surface area (Å²) in [5, 5.41) is 9.00. The van der Waals surface area contributed by atoms with Crippen LogP contribution in [0, 0.1) is 11.6 Å². The van der Waals surface area contributed by atoms with Gasteiger partial charge in [0.05, 0.1) is 17.4 Å². The molecule has 0 aliphatic carbocycles. The second-order valence-electron chi connectivity index (χ2n) is 5.74. The van der Waals surface area contributed by atoms with Crippen molar-refractivity contribution in [1.82, 2.24) is 4.57 Å². The van der Waals surface area contributed by atoms with Crippen LogP contribution in [-0.4, -0.2) is 15.6 Å². The van der Waals surface area contributed by atoms with E-state index in [9.17, 15) is 23.5 Å². The van der Waals surface area contributed by atoms with Crippen molar-refractivity contribution in [2.45, 2.75) is 12.6 Å². The fourth-order valence-corrected chi connectivity index (χ4v) is 3.08. The van der Waals surface area contributed by atoms with E-state index < -0.39 is 34.7 Å². The molecule has 126 valence electrons. The summed E-state index contributed by atoms with van der Waals surface area (Å²) >= 11 is 0. The SMILES string of the molecule is O=C(O)c1cn2c3c(c(F)c(F)cc3c1=O)O[C@H](c1ccccc1)C2. The highest BCUT2D eigenvalue weighted by atomic mass is 19.2. The van der Waals surface area contributed by atoms with Gasteiger partial charge in [-0.15, -0.1) is 0 Å². The molecule has 3 aromatic rings. The molecule has 0 radical (unpaired) electrons. The lowest BCUT2D eigenvalue weighted by Crippen LogP contribution is -2.27. The Balaban J connectivity index is 2.02. The summed E-state index contributed by atoms with van der Waals surface area (Å²) in [6, 6.07) is 9.61. The van der Waals surface area contributed by atoms with Gasteiger partial charge >= 0.3 is 5.97 Å². The van der Waals surface area contributed by atoms with E-state index in [4.69, 9.17) is 4.74 Å². The van der Waals surface area contributed by atoms with Gasteiger partial charge in [-0.2, -0.15) is 4.39 Å². The predicted octanol–water partition coefficient (Wildman–Crippen LogP) is 3.11. The van der Waals surface area contributed by atoms with Gasteiger partial charge in [-0.1, -0.05) is 30.3 Å². The number of ether oxygens (including phenoxy) is 1. The minimum atomic E-state index is -1.43. The van der Waals surface area contributed by atoms with E-state index in [0.717, 1.165) is 11.8 Å². The maximum absolute atomic E-state index is 14.3. The number of benzene rings is 2. The molecule has 0 amide bonds. The minimum absolute atomic E-state index is 0.0566. The molecule has 1 aliphatic rings. The molecule has 0 fully saturated rings. The van der Waals surface area contributed by atoms with Crippen molar-refractivity contribution in [2.24, 2.45) is 0 Å². The van der Waals surface area contributed by atoms with Crippen LogP contribution in [0.5, 0.6) is 5.75 Å². The van der Waals surface area contributed by atoms with Crippen molar-refractivity contribution in [3.63, 3.8) is 0 Å². The average Bonchev–Trinajstić information content (AvgIpc) is 2.61. The third kappa shape index (κ3) is 2.27. The van der Waals surface area contributed by atoms with Gasteiger partial charge in [-0.05, 0) is 11.6 Å². The Labute approximate surface area is 139 Å². The van der Waals surface area contributed by atoms with Crippen molar-refractivity contribution >= 4 is 16.9 Å². The van der Waals surface area contributed by atoms with Gasteiger partial charge < -0.3 is 14.4 Å². The summed E-state index contributed by atoms with van der Waals surface area (Å²) in [5.41, 5.74) is -0.597. The van der Waals surface area contributed by atoms with Crippen LogP contribution < -0.4 is 10.2 Å². The molecule has 2 aromatic carbocycles. The Morgan fingerprint density at radius 2 is 1.96 bits per heavy atom. The molecule has 25 heavy (non-hydrogen) atoms. The molecular weight excluding hydrogens is 332 g/mol. The van der Waals surface area contributed by atoms with E-state index in [2.05, 4.69) is 0 Å². The number of carboxylic acid groups (broad SMARTS) is 1. The fourth-order valence-electron chi connectivity index (χ4n) is 3.08. The molecule has 0 saturated heterocycles. The van der Waals surface area contributed by atoms with Crippen molar-refractivity contribution < 1.29 is 23.4 Å². The monoisotopic (exact) mass is 343 g/mol. The lowest BCUT2D eigenvalue weighted by Gasteiger charge is -2.29. The summed E-state index contributed by atoms with van der Waals surface area (Å²) in [6.07, 6.45) is 0.504. The zero-order valence-corrected chi connectivity index (χ0v) is 12.7. The average molecular weight is 343 g/mol. The predicted molar refractivity (Wildman–Crippen MR) is 84.9 cm³/mol. The molecule has 1 N–H and O–H groups in total. The molecule has 2 heterocycles. The third-order valence-electron chi connectivity index (χ3n) is 4.24. The van der Waals surface area contributed by atoms with Crippen LogP contribution in [0.4, 0.5) is 8.78 Å². The highest BCUT2D eigenvalue weighted by molar-refractivity contribution is 5.94. The van der Waals surface area contributed by atoms with Gasteiger partial charge in [0.1, 0.15) is 11.7 Å². The first-order valence-electron chi connectivity index (χ1n) is 7.47. The highest BCUT2D eigenvalue weighted by Crippen LogP contribution is 2.38. The molecule has 0 unspecified atom stereocenters. The number of carboxylic acids is 1. The molecule has 7 heteroatoms. The van der Waals surface area contributed by atoms with E-state index in [1.807, 2.05) is 0 Å². The van der Waals surface area contributed by atoms with Gasteiger partial charge in [-0.25, -0.2) is 9.18 Å². The van der Waals surface area contributed by atoms with Gasteiger partial charge in [0.15, 0.2) is 11.6 Å². The molecule has 0 saturated carbocycles. The number of halogens is 2.